The van der Waals surface area contributed by atoms with Gasteiger partial charge in [-0.3, -0.25) is 4.90 Å². The summed E-state index contributed by atoms with van der Waals surface area (Å²) in [5.41, 5.74) is 6.59. The Morgan fingerprint density at radius 3 is 2.44 bits per heavy atom. The zero-order chi connectivity index (χ0) is 12.8. The normalized spacial score (nSPS) is 42.0. The molecule has 0 spiro atoms. The summed E-state index contributed by atoms with van der Waals surface area (Å²) in [5, 5.41) is 0. The maximum absolute atomic E-state index is 6.24. The van der Waals surface area contributed by atoms with Crippen LogP contribution in [-0.2, 0) is 0 Å². The third-order valence-electron chi connectivity index (χ3n) is 6.24. The summed E-state index contributed by atoms with van der Waals surface area (Å²) in [4.78, 5) is 5.17. The van der Waals surface area contributed by atoms with Crippen LogP contribution in [0.25, 0.3) is 0 Å². The first kappa shape index (κ1) is 12.9. The van der Waals surface area contributed by atoms with Gasteiger partial charge in [0, 0.05) is 18.1 Å². The van der Waals surface area contributed by atoms with E-state index in [0.29, 0.717) is 5.54 Å². The van der Waals surface area contributed by atoms with E-state index in [9.17, 15) is 0 Å². The lowest BCUT2D eigenvalue weighted by Gasteiger charge is -2.50. The number of likely N-dealkylation sites (tertiary alicyclic amines) is 1. The molecule has 2 bridgehead atoms. The van der Waals surface area contributed by atoms with Gasteiger partial charge in [-0.05, 0) is 71.1 Å². The van der Waals surface area contributed by atoms with Crippen molar-refractivity contribution in [3.63, 3.8) is 0 Å². The van der Waals surface area contributed by atoms with Gasteiger partial charge in [0.25, 0.3) is 0 Å². The Hall–Kier alpha value is -0.120. The lowest BCUT2D eigenvalue weighted by Crippen LogP contribution is -2.60. The molecule has 0 radical (unpaired) electrons. The van der Waals surface area contributed by atoms with Crippen molar-refractivity contribution in [1.29, 1.82) is 0 Å². The number of hydrogen-bond donors (Lipinski definition) is 1. The van der Waals surface area contributed by atoms with E-state index in [4.69, 9.17) is 5.73 Å². The summed E-state index contributed by atoms with van der Waals surface area (Å²) in [7, 11) is 4.61. The number of nitrogens with zero attached hydrogens (tertiary/aromatic N) is 2. The largest absolute Gasteiger partial charge is 0.329 e. The fraction of sp³-hybridized carbons (Fsp3) is 1.00. The Balaban J connectivity index is 1.72. The zero-order valence-electron chi connectivity index (χ0n) is 12.1. The standard InChI is InChI=1S/C15H29N3/c1-17-7-5-14(6-8-17)18(2)15(11-16)10-12-3-4-13(15)9-12/h12-14H,3-11,16H2,1-2H3. The maximum atomic E-state index is 6.24. The molecule has 0 aromatic heterocycles. The highest BCUT2D eigenvalue weighted by atomic mass is 15.2. The predicted octanol–water partition coefficient (Wildman–Crippen LogP) is 1.53. The molecule has 3 fully saturated rings. The average Bonchev–Trinajstić information content (AvgIpc) is 2.99. The van der Waals surface area contributed by atoms with E-state index in [2.05, 4.69) is 23.9 Å². The zero-order valence-corrected chi connectivity index (χ0v) is 12.1. The lowest BCUT2D eigenvalue weighted by atomic mass is 9.78. The third kappa shape index (κ3) is 1.91. The van der Waals surface area contributed by atoms with Gasteiger partial charge in [0.15, 0.2) is 0 Å². The molecule has 3 heteroatoms. The third-order valence-corrected chi connectivity index (χ3v) is 6.24. The molecule has 0 aromatic rings. The predicted molar refractivity (Wildman–Crippen MR) is 75.5 cm³/mol. The molecule has 18 heavy (non-hydrogen) atoms. The molecule has 3 aliphatic rings. The minimum Gasteiger partial charge on any atom is -0.329 e. The van der Waals surface area contributed by atoms with E-state index in [0.717, 1.165) is 24.4 Å². The molecule has 2 aliphatic carbocycles. The molecule has 2 N–H and O–H groups in total. The molecule has 0 aromatic carbocycles. The summed E-state index contributed by atoms with van der Waals surface area (Å²) in [6, 6.07) is 0.768. The van der Waals surface area contributed by atoms with Crippen LogP contribution < -0.4 is 5.73 Å². The van der Waals surface area contributed by atoms with Gasteiger partial charge < -0.3 is 10.6 Å². The summed E-state index contributed by atoms with van der Waals surface area (Å²) < 4.78 is 0. The molecule has 3 nitrogen and oxygen atoms in total. The lowest BCUT2D eigenvalue weighted by molar-refractivity contribution is 0.00670. The first-order valence-electron chi connectivity index (χ1n) is 7.77. The highest BCUT2D eigenvalue weighted by Crippen LogP contribution is 2.53. The fourth-order valence-corrected chi connectivity index (χ4v) is 4.99. The van der Waals surface area contributed by atoms with Gasteiger partial charge in [-0.25, -0.2) is 0 Å². The SMILES string of the molecule is CN1CCC(N(C)C2(CN)CC3CCC2C3)CC1. The van der Waals surface area contributed by atoms with Gasteiger partial charge in [-0.15, -0.1) is 0 Å². The van der Waals surface area contributed by atoms with E-state index in [-0.39, 0.29) is 0 Å². The topological polar surface area (TPSA) is 32.5 Å². The monoisotopic (exact) mass is 251 g/mol. The van der Waals surface area contributed by atoms with Gasteiger partial charge in [-0.1, -0.05) is 6.42 Å². The van der Waals surface area contributed by atoms with Crippen molar-refractivity contribution in [2.75, 3.05) is 33.7 Å². The summed E-state index contributed by atoms with van der Waals surface area (Å²) in [5.74, 6) is 1.87. The number of piperidine rings is 1. The van der Waals surface area contributed by atoms with Crippen LogP contribution in [0.4, 0.5) is 0 Å². The van der Waals surface area contributed by atoms with Crippen molar-refractivity contribution in [3.05, 3.63) is 0 Å². The number of likely N-dealkylation sites (N-methyl/N-ethyl adjacent to an activating group) is 1. The van der Waals surface area contributed by atoms with Gasteiger partial charge in [0.1, 0.15) is 0 Å². The molecule has 1 heterocycles. The molecule has 104 valence electrons. The molecule has 1 saturated heterocycles. The van der Waals surface area contributed by atoms with Crippen molar-refractivity contribution in [2.45, 2.75) is 50.1 Å². The Labute approximate surface area is 112 Å². The van der Waals surface area contributed by atoms with Crippen LogP contribution in [0.2, 0.25) is 0 Å². The highest BCUT2D eigenvalue weighted by molar-refractivity contribution is 5.08. The van der Waals surface area contributed by atoms with Crippen LogP contribution in [0.15, 0.2) is 0 Å². The molecular formula is C15H29N3. The van der Waals surface area contributed by atoms with E-state index in [1.807, 2.05) is 0 Å². The van der Waals surface area contributed by atoms with Crippen LogP contribution in [0, 0.1) is 11.8 Å². The molecule has 3 atom stereocenters. The van der Waals surface area contributed by atoms with Crippen molar-refractivity contribution in [2.24, 2.45) is 17.6 Å². The Bertz CT molecular complexity index is 298. The molecule has 2 saturated carbocycles. The van der Waals surface area contributed by atoms with Gasteiger partial charge in [0.2, 0.25) is 0 Å². The smallest absolute Gasteiger partial charge is 0.0362 e. The second-order valence-corrected chi connectivity index (χ2v) is 7.03. The molecular weight excluding hydrogens is 222 g/mol. The Morgan fingerprint density at radius 2 is 1.94 bits per heavy atom. The van der Waals surface area contributed by atoms with Crippen LogP contribution >= 0.6 is 0 Å². The van der Waals surface area contributed by atoms with Crippen LogP contribution in [-0.4, -0.2) is 55.1 Å². The first-order chi connectivity index (χ1) is 8.65. The minimum atomic E-state index is 0.351. The van der Waals surface area contributed by atoms with Crippen LogP contribution in [0.3, 0.4) is 0 Å². The first-order valence-corrected chi connectivity index (χ1v) is 7.77. The van der Waals surface area contributed by atoms with Crippen molar-refractivity contribution in [1.82, 2.24) is 9.80 Å². The van der Waals surface area contributed by atoms with Gasteiger partial charge >= 0.3 is 0 Å². The van der Waals surface area contributed by atoms with Gasteiger partial charge in [-0.2, -0.15) is 0 Å². The molecule has 3 unspecified atom stereocenters. The number of fused-ring (bicyclic) bond motifs is 2. The van der Waals surface area contributed by atoms with Gasteiger partial charge in [0.05, 0.1) is 0 Å². The van der Waals surface area contributed by atoms with Crippen molar-refractivity contribution in [3.8, 4) is 0 Å². The average molecular weight is 251 g/mol. The van der Waals surface area contributed by atoms with E-state index in [1.165, 1.54) is 51.6 Å². The van der Waals surface area contributed by atoms with E-state index in [1.54, 1.807) is 0 Å². The van der Waals surface area contributed by atoms with Crippen molar-refractivity contribution < 1.29 is 0 Å². The summed E-state index contributed by atoms with van der Waals surface area (Å²) in [6.07, 6.45) is 8.37. The van der Waals surface area contributed by atoms with Crippen molar-refractivity contribution >= 4 is 0 Å². The number of rotatable bonds is 3. The summed E-state index contributed by atoms with van der Waals surface area (Å²) >= 11 is 0. The van der Waals surface area contributed by atoms with Crippen LogP contribution in [0.5, 0.6) is 0 Å². The van der Waals surface area contributed by atoms with E-state index >= 15 is 0 Å². The number of nitrogens with two attached hydrogens (primary N) is 1. The van der Waals surface area contributed by atoms with Crippen LogP contribution in [0.1, 0.15) is 38.5 Å². The number of hydrogen-bond acceptors (Lipinski definition) is 3. The molecule has 0 amide bonds. The molecule has 1 aliphatic heterocycles. The van der Waals surface area contributed by atoms with E-state index < -0.39 is 0 Å². The minimum absolute atomic E-state index is 0.351. The second-order valence-electron chi connectivity index (χ2n) is 7.03. The quantitative estimate of drug-likeness (QED) is 0.825. The highest BCUT2D eigenvalue weighted by Gasteiger charge is 2.53. The molecule has 3 rings (SSSR count). The Morgan fingerprint density at radius 1 is 1.22 bits per heavy atom. The summed E-state index contributed by atoms with van der Waals surface area (Å²) in [6.45, 7) is 3.38. The Kier molecular flexibility index (Phi) is 3.41. The maximum Gasteiger partial charge on any atom is 0.0362 e. The second kappa shape index (κ2) is 4.77. The fourth-order valence-electron chi connectivity index (χ4n) is 4.99.